The number of imide groups is 1. The summed E-state index contributed by atoms with van der Waals surface area (Å²) >= 11 is 0. The van der Waals surface area contributed by atoms with E-state index < -0.39 is 18.0 Å². The lowest BCUT2D eigenvalue weighted by molar-refractivity contribution is -0.137. The molecule has 2 aliphatic heterocycles. The molecule has 1 fully saturated rings. The molecule has 0 aromatic heterocycles. The van der Waals surface area contributed by atoms with Crippen LogP contribution in [-0.2, 0) is 32.3 Å². The molecule has 0 spiro atoms. The number of fused-ring (bicyclic) bond motifs is 1. The maximum absolute atomic E-state index is 12.8. The minimum atomic E-state index is -0.817. The molecule has 9 nitrogen and oxygen atoms in total. The van der Waals surface area contributed by atoms with Crippen LogP contribution in [0.3, 0.4) is 0 Å². The summed E-state index contributed by atoms with van der Waals surface area (Å²) in [4.78, 5) is 62.3. The smallest absolute Gasteiger partial charge is 0.255 e. The Hall–Kier alpha value is -4.01. The minimum Gasteiger partial charge on any atom is -0.350 e. The zero-order chi connectivity index (χ0) is 23.5. The van der Waals surface area contributed by atoms with Gasteiger partial charge in [-0.3, -0.25) is 29.3 Å². The Morgan fingerprint density at radius 2 is 1.88 bits per heavy atom. The summed E-state index contributed by atoms with van der Waals surface area (Å²) in [6.07, 6.45) is 0.502. The molecular weight excluding hydrogens is 424 g/mol. The zero-order valence-corrected chi connectivity index (χ0v) is 18.1. The molecule has 0 saturated carbocycles. The first-order chi connectivity index (χ1) is 15.8. The van der Waals surface area contributed by atoms with E-state index in [-0.39, 0.29) is 43.1 Å². The predicted molar refractivity (Wildman–Crippen MR) is 117 cm³/mol. The summed E-state index contributed by atoms with van der Waals surface area (Å²) in [6.45, 7) is 1.83. The van der Waals surface area contributed by atoms with Crippen LogP contribution in [0.2, 0.25) is 0 Å². The first-order valence-electron chi connectivity index (χ1n) is 10.7. The van der Waals surface area contributed by atoms with Crippen LogP contribution in [0.25, 0.3) is 0 Å². The maximum atomic E-state index is 12.8. The number of piperidine rings is 1. The highest BCUT2D eigenvalue weighted by Crippen LogP contribution is 2.28. The maximum Gasteiger partial charge on any atom is 0.255 e. The molecule has 5 amide bonds. The van der Waals surface area contributed by atoms with Crippen molar-refractivity contribution in [2.75, 3.05) is 0 Å². The molecular formula is C24H24N4O5. The summed E-state index contributed by atoms with van der Waals surface area (Å²) in [5.41, 5.74) is 2.73. The molecule has 2 heterocycles. The third-order valence-corrected chi connectivity index (χ3v) is 5.80. The van der Waals surface area contributed by atoms with E-state index in [1.807, 2.05) is 12.1 Å². The highest BCUT2D eigenvalue weighted by molar-refractivity contribution is 6.05. The van der Waals surface area contributed by atoms with Gasteiger partial charge in [0.1, 0.15) is 12.1 Å². The van der Waals surface area contributed by atoms with Crippen molar-refractivity contribution in [3.63, 3.8) is 0 Å². The third-order valence-electron chi connectivity index (χ3n) is 5.80. The molecule has 2 aromatic rings. The predicted octanol–water partition coefficient (Wildman–Crippen LogP) is 0.941. The van der Waals surface area contributed by atoms with E-state index in [1.54, 1.807) is 36.4 Å². The van der Waals surface area contributed by atoms with Gasteiger partial charge in [-0.2, -0.15) is 0 Å². The number of carbonyl (C=O) groups excluding carboxylic acids is 5. The van der Waals surface area contributed by atoms with E-state index >= 15 is 0 Å². The van der Waals surface area contributed by atoms with Crippen LogP contribution in [-0.4, -0.2) is 40.5 Å². The van der Waals surface area contributed by atoms with Gasteiger partial charge in [0, 0.05) is 32.0 Å². The summed E-state index contributed by atoms with van der Waals surface area (Å²) in [5.74, 6) is -1.69. The molecule has 9 heteroatoms. The molecule has 1 saturated heterocycles. The van der Waals surface area contributed by atoms with E-state index in [2.05, 4.69) is 16.0 Å². The van der Waals surface area contributed by atoms with Crippen molar-refractivity contribution in [3.05, 3.63) is 70.8 Å². The monoisotopic (exact) mass is 448 g/mol. The summed E-state index contributed by atoms with van der Waals surface area (Å²) in [5, 5.41) is 7.79. The Morgan fingerprint density at radius 1 is 1.12 bits per heavy atom. The van der Waals surface area contributed by atoms with Gasteiger partial charge in [-0.05, 0) is 29.2 Å². The molecule has 0 bridgehead atoms. The van der Waals surface area contributed by atoms with E-state index in [0.717, 1.165) is 11.1 Å². The average Bonchev–Trinajstić information content (AvgIpc) is 3.12. The Labute approximate surface area is 190 Å². The van der Waals surface area contributed by atoms with Crippen molar-refractivity contribution in [1.29, 1.82) is 0 Å². The van der Waals surface area contributed by atoms with Crippen molar-refractivity contribution in [3.8, 4) is 0 Å². The highest BCUT2D eigenvalue weighted by Gasteiger charge is 2.39. The minimum absolute atomic E-state index is 0.199. The van der Waals surface area contributed by atoms with Gasteiger partial charge in [0.2, 0.25) is 23.6 Å². The fourth-order valence-electron chi connectivity index (χ4n) is 4.18. The van der Waals surface area contributed by atoms with Gasteiger partial charge in [0.05, 0.1) is 0 Å². The van der Waals surface area contributed by atoms with Crippen LogP contribution < -0.4 is 16.0 Å². The number of rotatable bonds is 6. The Kier molecular flexibility index (Phi) is 6.21. The topological polar surface area (TPSA) is 125 Å². The highest BCUT2D eigenvalue weighted by atomic mass is 16.2. The van der Waals surface area contributed by atoms with Crippen molar-refractivity contribution in [1.82, 2.24) is 20.9 Å². The molecule has 2 aliphatic rings. The molecule has 2 unspecified atom stereocenters. The zero-order valence-electron chi connectivity index (χ0n) is 18.1. The third kappa shape index (κ3) is 4.77. The first-order valence-corrected chi connectivity index (χ1v) is 10.7. The number of benzene rings is 2. The molecule has 0 aliphatic carbocycles. The Bertz CT molecular complexity index is 1130. The fourth-order valence-corrected chi connectivity index (χ4v) is 4.18. The lowest BCUT2D eigenvalue weighted by Gasteiger charge is -2.29. The summed E-state index contributed by atoms with van der Waals surface area (Å²) in [7, 11) is 0. The van der Waals surface area contributed by atoms with Crippen LogP contribution in [0.1, 0.15) is 52.9 Å². The second kappa shape index (κ2) is 9.23. The molecule has 33 heavy (non-hydrogen) atoms. The lowest BCUT2D eigenvalue weighted by atomic mass is 10.0. The molecule has 0 radical (unpaired) electrons. The number of amides is 5. The number of nitrogens with zero attached hydrogens (tertiary/aromatic N) is 1. The van der Waals surface area contributed by atoms with Gasteiger partial charge in [0.25, 0.3) is 5.91 Å². The first kappa shape index (κ1) is 22.2. The van der Waals surface area contributed by atoms with Gasteiger partial charge in [0.15, 0.2) is 0 Å². The quantitative estimate of drug-likeness (QED) is 0.568. The van der Waals surface area contributed by atoms with Gasteiger partial charge < -0.3 is 15.5 Å². The number of nitrogens with one attached hydrogen (secondary N) is 3. The number of hydrogen-bond acceptors (Lipinski definition) is 5. The van der Waals surface area contributed by atoms with E-state index in [0.29, 0.717) is 17.5 Å². The van der Waals surface area contributed by atoms with Crippen molar-refractivity contribution in [2.45, 2.75) is 44.9 Å². The van der Waals surface area contributed by atoms with Crippen LogP contribution in [0.15, 0.2) is 48.5 Å². The van der Waals surface area contributed by atoms with Gasteiger partial charge in [-0.15, -0.1) is 0 Å². The Balaban J connectivity index is 1.43. The number of hydrogen-bond donors (Lipinski definition) is 3. The molecule has 3 N–H and O–H groups in total. The molecule has 4 rings (SSSR count). The normalized spacial score (nSPS) is 18.4. The average molecular weight is 448 g/mol. The van der Waals surface area contributed by atoms with Gasteiger partial charge in [-0.1, -0.05) is 42.5 Å². The number of carbonyl (C=O) groups is 5. The van der Waals surface area contributed by atoms with Crippen LogP contribution in [0.4, 0.5) is 0 Å². The SMILES string of the molecule is CC(=O)NC(C(=O)NCc1ccc2c(c1)CN(C1CCC(=O)NC1=O)C2=O)c1ccccc1. The van der Waals surface area contributed by atoms with E-state index in [4.69, 9.17) is 0 Å². The summed E-state index contributed by atoms with van der Waals surface area (Å²) in [6, 6.07) is 12.7. The van der Waals surface area contributed by atoms with Gasteiger partial charge in [-0.25, -0.2) is 0 Å². The van der Waals surface area contributed by atoms with Crippen LogP contribution >= 0.6 is 0 Å². The molecule has 170 valence electrons. The van der Waals surface area contributed by atoms with E-state index in [9.17, 15) is 24.0 Å². The standard InChI is InChI=1S/C24H24N4O5/c1-14(29)26-21(16-5-3-2-4-6-16)23(32)25-12-15-7-8-18-17(11-15)13-28(24(18)33)19-9-10-20(30)27-22(19)31/h2-8,11,19,21H,9-10,12-13H2,1H3,(H,25,32)(H,26,29)(H,27,30,31). The van der Waals surface area contributed by atoms with Crippen molar-refractivity contribution >= 4 is 29.5 Å². The van der Waals surface area contributed by atoms with Crippen molar-refractivity contribution in [2.24, 2.45) is 0 Å². The van der Waals surface area contributed by atoms with Crippen LogP contribution in [0.5, 0.6) is 0 Å². The summed E-state index contributed by atoms with van der Waals surface area (Å²) < 4.78 is 0. The molecule has 2 aromatic carbocycles. The van der Waals surface area contributed by atoms with Crippen LogP contribution in [0, 0.1) is 0 Å². The Morgan fingerprint density at radius 3 is 2.58 bits per heavy atom. The second-order valence-corrected chi connectivity index (χ2v) is 8.15. The van der Waals surface area contributed by atoms with Gasteiger partial charge >= 0.3 is 0 Å². The van der Waals surface area contributed by atoms with Crippen molar-refractivity contribution < 1.29 is 24.0 Å². The lowest BCUT2D eigenvalue weighted by Crippen LogP contribution is -2.52. The molecule has 2 atom stereocenters. The fraction of sp³-hybridized carbons (Fsp3) is 0.292. The second-order valence-electron chi connectivity index (χ2n) is 8.15. The van der Waals surface area contributed by atoms with E-state index in [1.165, 1.54) is 11.8 Å². The largest absolute Gasteiger partial charge is 0.350 e.